The van der Waals surface area contributed by atoms with Gasteiger partial charge in [-0.15, -0.1) is 0 Å². The van der Waals surface area contributed by atoms with Crippen LogP contribution in [0.2, 0.25) is 0 Å². The number of rotatable bonds is 10. The molecule has 4 rings (SSSR count). The van der Waals surface area contributed by atoms with Gasteiger partial charge in [-0.25, -0.2) is 4.98 Å². The molecule has 1 aliphatic rings. The molecule has 3 unspecified atom stereocenters. The van der Waals surface area contributed by atoms with Crippen molar-refractivity contribution in [1.82, 2.24) is 14.1 Å². The van der Waals surface area contributed by atoms with E-state index in [-0.39, 0.29) is 42.1 Å². The molecule has 200 valence electrons. The van der Waals surface area contributed by atoms with Crippen LogP contribution in [0.5, 0.6) is 0 Å². The Balaban J connectivity index is 1.62. The number of imidazole rings is 1. The molecule has 0 spiro atoms. The third-order valence-electron chi connectivity index (χ3n) is 7.63. The number of carbonyl (C=O) groups is 1. The van der Waals surface area contributed by atoms with Crippen molar-refractivity contribution in [2.75, 3.05) is 19.8 Å². The van der Waals surface area contributed by atoms with Gasteiger partial charge in [0.05, 0.1) is 42.8 Å². The zero-order valence-electron chi connectivity index (χ0n) is 22.6. The fraction of sp³-hybridized carbons (Fsp3) is 0.552. The van der Waals surface area contributed by atoms with Crippen LogP contribution in [0.1, 0.15) is 57.2 Å². The van der Waals surface area contributed by atoms with Crippen molar-refractivity contribution in [1.29, 1.82) is 0 Å². The van der Waals surface area contributed by atoms with E-state index in [1.54, 1.807) is 24.7 Å². The highest BCUT2D eigenvalue weighted by atomic mass is 16.6. The molecule has 1 aliphatic heterocycles. The van der Waals surface area contributed by atoms with Crippen LogP contribution in [-0.2, 0) is 27.7 Å². The number of aliphatic hydroxyl groups is 1. The van der Waals surface area contributed by atoms with Gasteiger partial charge < -0.3 is 23.7 Å². The lowest BCUT2D eigenvalue weighted by atomic mass is 9.86. The topological polar surface area (TPSA) is 95.6 Å². The first-order chi connectivity index (χ1) is 17.7. The average Bonchev–Trinajstić information content (AvgIpc) is 3.53. The SMILES string of the molecule is CCC(C)C(CCc1ccc2c(c1)nc(-c1cc(C)c(=O)n(C)c1)n2[C@@H](C)CO)C(=O)OC1CCOC1. The first-order valence-electron chi connectivity index (χ1n) is 13.3. The number of pyridine rings is 1. The van der Waals surface area contributed by atoms with Crippen molar-refractivity contribution < 1.29 is 19.4 Å². The summed E-state index contributed by atoms with van der Waals surface area (Å²) in [6.45, 7) is 9.06. The Kier molecular flexibility index (Phi) is 8.49. The molecular weight excluding hydrogens is 470 g/mol. The summed E-state index contributed by atoms with van der Waals surface area (Å²) in [5.74, 6) is 0.645. The third-order valence-corrected chi connectivity index (χ3v) is 7.63. The summed E-state index contributed by atoms with van der Waals surface area (Å²) in [6, 6.07) is 7.84. The molecule has 37 heavy (non-hydrogen) atoms. The monoisotopic (exact) mass is 509 g/mol. The summed E-state index contributed by atoms with van der Waals surface area (Å²) < 4.78 is 14.7. The summed E-state index contributed by atoms with van der Waals surface area (Å²) in [4.78, 5) is 30.2. The number of hydrogen-bond donors (Lipinski definition) is 1. The molecular formula is C29H39N3O5. The first-order valence-corrected chi connectivity index (χ1v) is 13.3. The highest BCUT2D eigenvalue weighted by molar-refractivity contribution is 5.81. The van der Waals surface area contributed by atoms with E-state index < -0.39 is 0 Å². The molecule has 1 fully saturated rings. The number of benzene rings is 1. The van der Waals surface area contributed by atoms with Crippen LogP contribution in [0.3, 0.4) is 0 Å². The van der Waals surface area contributed by atoms with Gasteiger partial charge in [-0.3, -0.25) is 9.59 Å². The van der Waals surface area contributed by atoms with Crippen LogP contribution in [-0.4, -0.2) is 51.1 Å². The largest absolute Gasteiger partial charge is 0.460 e. The van der Waals surface area contributed by atoms with Gasteiger partial charge in [0.1, 0.15) is 11.9 Å². The van der Waals surface area contributed by atoms with E-state index in [0.29, 0.717) is 31.0 Å². The van der Waals surface area contributed by atoms with E-state index in [2.05, 4.69) is 26.0 Å². The van der Waals surface area contributed by atoms with Gasteiger partial charge >= 0.3 is 5.97 Å². The van der Waals surface area contributed by atoms with Gasteiger partial charge in [-0.1, -0.05) is 26.3 Å². The second-order valence-corrected chi connectivity index (χ2v) is 10.4. The highest BCUT2D eigenvalue weighted by Crippen LogP contribution is 2.30. The van der Waals surface area contributed by atoms with E-state index in [1.165, 1.54) is 0 Å². The Hall–Kier alpha value is -2.97. The zero-order valence-corrected chi connectivity index (χ0v) is 22.6. The Morgan fingerprint density at radius 2 is 2.08 bits per heavy atom. The van der Waals surface area contributed by atoms with Crippen molar-refractivity contribution in [3.63, 3.8) is 0 Å². The average molecular weight is 510 g/mol. The van der Waals surface area contributed by atoms with E-state index >= 15 is 0 Å². The van der Waals surface area contributed by atoms with Crippen LogP contribution in [0.15, 0.2) is 35.3 Å². The summed E-state index contributed by atoms with van der Waals surface area (Å²) in [5, 5.41) is 9.96. The highest BCUT2D eigenvalue weighted by Gasteiger charge is 2.29. The number of carbonyl (C=O) groups excluding carboxylic acids is 1. The second kappa shape index (κ2) is 11.6. The third kappa shape index (κ3) is 5.80. The van der Waals surface area contributed by atoms with Gasteiger partial charge in [-0.05, 0) is 56.4 Å². The second-order valence-electron chi connectivity index (χ2n) is 10.4. The Labute approximate surface area is 218 Å². The first kappa shape index (κ1) is 27.1. The predicted octanol–water partition coefficient (Wildman–Crippen LogP) is 4.19. The van der Waals surface area contributed by atoms with Crippen LogP contribution in [0.25, 0.3) is 22.4 Å². The van der Waals surface area contributed by atoms with Crippen LogP contribution < -0.4 is 5.56 Å². The zero-order chi connectivity index (χ0) is 26.7. The number of aryl methyl sites for hydroxylation is 3. The van der Waals surface area contributed by atoms with Crippen molar-refractivity contribution in [3.05, 3.63) is 51.9 Å². The van der Waals surface area contributed by atoms with Crippen molar-refractivity contribution in [2.45, 2.75) is 65.5 Å². The molecule has 0 aliphatic carbocycles. The number of fused-ring (bicyclic) bond motifs is 1. The quantitative estimate of drug-likeness (QED) is 0.412. The number of ether oxygens (including phenoxy) is 2. The predicted molar refractivity (Wildman–Crippen MR) is 144 cm³/mol. The van der Waals surface area contributed by atoms with Gasteiger partial charge in [0, 0.05) is 30.8 Å². The molecule has 0 amide bonds. The molecule has 0 bridgehead atoms. The Morgan fingerprint density at radius 3 is 2.73 bits per heavy atom. The fourth-order valence-electron chi connectivity index (χ4n) is 5.13. The molecule has 8 heteroatoms. The minimum atomic E-state index is -0.187. The lowest BCUT2D eigenvalue weighted by Crippen LogP contribution is -2.29. The van der Waals surface area contributed by atoms with E-state index in [9.17, 15) is 14.7 Å². The Morgan fingerprint density at radius 1 is 1.30 bits per heavy atom. The minimum Gasteiger partial charge on any atom is -0.460 e. The molecule has 3 aromatic rings. The lowest BCUT2D eigenvalue weighted by Gasteiger charge is -2.23. The van der Waals surface area contributed by atoms with Crippen molar-refractivity contribution >= 4 is 17.0 Å². The number of aromatic nitrogens is 3. The van der Waals surface area contributed by atoms with E-state index in [4.69, 9.17) is 14.5 Å². The van der Waals surface area contributed by atoms with Crippen molar-refractivity contribution in [2.24, 2.45) is 18.9 Å². The molecule has 0 saturated carbocycles. The Bertz CT molecular complexity index is 1280. The number of nitrogens with zero attached hydrogens (tertiary/aromatic N) is 3. The summed E-state index contributed by atoms with van der Waals surface area (Å²) in [7, 11) is 1.73. The molecule has 1 N–H and O–H groups in total. The van der Waals surface area contributed by atoms with Crippen molar-refractivity contribution in [3.8, 4) is 11.4 Å². The summed E-state index contributed by atoms with van der Waals surface area (Å²) >= 11 is 0. The van der Waals surface area contributed by atoms with Gasteiger partial charge in [-0.2, -0.15) is 0 Å². The van der Waals surface area contributed by atoms with E-state index in [1.807, 2.05) is 23.6 Å². The molecule has 4 atom stereocenters. The maximum Gasteiger partial charge on any atom is 0.309 e. The smallest absolute Gasteiger partial charge is 0.309 e. The maximum absolute atomic E-state index is 13.0. The number of aliphatic hydroxyl groups excluding tert-OH is 1. The molecule has 0 radical (unpaired) electrons. The van der Waals surface area contributed by atoms with E-state index in [0.717, 1.165) is 41.4 Å². The standard InChI is InChI=1S/C29H39N3O5/c1-6-18(2)24(29(35)37-23-11-12-36-17-23)9-7-21-8-10-26-25(14-21)30-27(32(26)20(4)16-33)22-13-19(3)28(34)31(5)15-22/h8,10,13-15,18,20,23-24,33H,6-7,9,11-12,16-17H2,1-5H3/t18?,20-,23?,24?/m0/s1. The van der Waals surface area contributed by atoms with Crippen LogP contribution >= 0.6 is 0 Å². The van der Waals surface area contributed by atoms with Gasteiger partial charge in [0.15, 0.2) is 0 Å². The maximum atomic E-state index is 13.0. The summed E-state index contributed by atoms with van der Waals surface area (Å²) in [5.41, 5.74) is 4.27. The molecule has 2 aromatic heterocycles. The molecule has 1 saturated heterocycles. The molecule has 1 aromatic carbocycles. The number of esters is 1. The molecule has 3 heterocycles. The van der Waals surface area contributed by atoms with Crippen LogP contribution in [0.4, 0.5) is 0 Å². The van der Waals surface area contributed by atoms with Gasteiger partial charge in [0.25, 0.3) is 5.56 Å². The van der Waals surface area contributed by atoms with Crippen LogP contribution in [0, 0.1) is 18.8 Å². The number of hydrogen-bond acceptors (Lipinski definition) is 6. The fourth-order valence-corrected chi connectivity index (χ4v) is 5.13. The summed E-state index contributed by atoms with van der Waals surface area (Å²) in [6.07, 6.45) is 4.77. The van der Waals surface area contributed by atoms with Gasteiger partial charge in [0.2, 0.25) is 0 Å². The normalized spacial score (nSPS) is 18.2. The lowest BCUT2D eigenvalue weighted by molar-refractivity contribution is -0.156. The molecule has 8 nitrogen and oxygen atoms in total. The minimum absolute atomic E-state index is 0.0321.